The van der Waals surface area contributed by atoms with Gasteiger partial charge in [0.1, 0.15) is 0 Å². The highest BCUT2D eigenvalue weighted by Gasteiger charge is 2.02. The molecule has 4 nitrogen and oxygen atoms in total. The summed E-state index contributed by atoms with van der Waals surface area (Å²) in [6.45, 7) is 5.14. The Morgan fingerprint density at radius 3 is 2.85 bits per heavy atom. The van der Waals surface area contributed by atoms with Gasteiger partial charge in [-0.15, -0.1) is 0 Å². The van der Waals surface area contributed by atoms with Gasteiger partial charge in [0.15, 0.2) is 0 Å². The van der Waals surface area contributed by atoms with Crippen LogP contribution in [0, 0.1) is 6.92 Å². The van der Waals surface area contributed by atoms with E-state index in [4.69, 9.17) is 5.11 Å². The van der Waals surface area contributed by atoms with Crippen LogP contribution in [0.2, 0.25) is 0 Å². The van der Waals surface area contributed by atoms with Gasteiger partial charge in [-0.05, 0) is 13.8 Å². The molecule has 0 fully saturated rings. The summed E-state index contributed by atoms with van der Waals surface area (Å²) in [7, 11) is 1.91. The summed E-state index contributed by atoms with van der Waals surface area (Å²) < 4.78 is 1.80. The number of aromatic nitrogens is 2. The molecule has 74 valence electrons. The van der Waals surface area contributed by atoms with Crippen LogP contribution >= 0.6 is 0 Å². The number of aliphatic hydroxyl groups is 1. The average Bonchev–Trinajstić information content (AvgIpc) is 2.29. The zero-order valence-electron chi connectivity index (χ0n) is 8.41. The molecule has 0 aromatic carbocycles. The fourth-order valence-corrected chi connectivity index (χ4v) is 1.24. The molecule has 0 saturated carbocycles. The van der Waals surface area contributed by atoms with E-state index in [2.05, 4.69) is 10.4 Å². The lowest BCUT2D eigenvalue weighted by Crippen LogP contribution is -2.23. The van der Waals surface area contributed by atoms with Crippen molar-refractivity contribution in [2.45, 2.75) is 26.5 Å². The Balaban J connectivity index is 2.40. The van der Waals surface area contributed by atoms with Crippen molar-refractivity contribution in [2.75, 3.05) is 6.54 Å². The summed E-state index contributed by atoms with van der Waals surface area (Å²) in [5, 5.41) is 16.4. The second-order valence-electron chi connectivity index (χ2n) is 3.39. The molecule has 1 aromatic heterocycles. The molecule has 0 bridgehead atoms. The molecule has 0 aliphatic carbocycles. The number of aliphatic hydroxyl groups excluding tert-OH is 1. The lowest BCUT2D eigenvalue weighted by atomic mass is 10.2. The second-order valence-corrected chi connectivity index (χ2v) is 3.39. The fourth-order valence-electron chi connectivity index (χ4n) is 1.24. The lowest BCUT2D eigenvalue weighted by Gasteiger charge is -2.05. The molecule has 4 heteroatoms. The Hall–Kier alpha value is -0.870. The summed E-state index contributed by atoms with van der Waals surface area (Å²) >= 11 is 0. The number of hydrogen-bond donors (Lipinski definition) is 2. The first-order valence-corrected chi connectivity index (χ1v) is 4.47. The van der Waals surface area contributed by atoms with Crippen LogP contribution in [0.1, 0.15) is 18.2 Å². The van der Waals surface area contributed by atoms with Gasteiger partial charge in [-0.2, -0.15) is 5.10 Å². The molecule has 0 spiro atoms. The molecule has 1 aromatic rings. The first kappa shape index (κ1) is 10.2. The van der Waals surface area contributed by atoms with Gasteiger partial charge in [-0.3, -0.25) is 4.68 Å². The molecule has 2 N–H and O–H groups in total. The van der Waals surface area contributed by atoms with Crippen molar-refractivity contribution >= 4 is 0 Å². The van der Waals surface area contributed by atoms with Crippen molar-refractivity contribution in [3.05, 3.63) is 17.5 Å². The van der Waals surface area contributed by atoms with Gasteiger partial charge in [0.05, 0.1) is 11.8 Å². The molecular weight excluding hydrogens is 166 g/mol. The van der Waals surface area contributed by atoms with Gasteiger partial charge >= 0.3 is 0 Å². The quantitative estimate of drug-likeness (QED) is 0.701. The van der Waals surface area contributed by atoms with Crippen LogP contribution in [-0.4, -0.2) is 27.5 Å². The van der Waals surface area contributed by atoms with E-state index < -0.39 is 0 Å². The van der Waals surface area contributed by atoms with E-state index in [9.17, 15) is 0 Å². The number of nitrogens with zero attached hydrogens (tertiary/aromatic N) is 2. The molecule has 0 aliphatic rings. The Bertz CT molecular complexity index is 268. The molecule has 0 radical (unpaired) electrons. The Morgan fingerprint density at radius 2 is 2.38 bits per heavy atom. The normalized spacial score (nSPS) is 13.2. The summed E-state index contributed by atoms with van der Waals surface area (Å²) in [5.41, 5.74) is 2.23. The molecular formula is C9H17N3O. The highest BCUT2D eigenvalue weighted by atomic mass is 16.3. The van der Waals surface area contributed by atoms with Gasteiger partial charge in [0.25, 0.3) is 0 Å². The predicted octanol–water partition coefficient (Wildman–Crippen LogP) is 0.199. The smallest absolute Gasteiger partial charge is 0.0638 e. The lowest BCUT2D eigenvalue weighted by molar-refractivity contribution is 0.191. The zero-order chi connectivity index (χ0) is 9.84. The Labute approximate surface area is 78.6 Å². The van der Waals surface area contributed by atoms with Crippen molar-refractivity contribution in [3.8, 4) is 0 Å². The number of nitrogens with one attached hydrogen (secondary N) is 1. The molecule has 13 heavy (non-hydrogen) atoms. The van der Waals surface area contributed by atoms with E-state index in [0.29, 0.717) is 6.54 Å². The minimum Gasteiger partial charge on any atom is -0.392 e. The van der Waals surface area contributed by atoms with Crippen LogP contribution in [-0.2, 0) is 13.6 Å². The molecule has 0 unspecified atom stereocenters. The summed E-state index contributed by atoms with van der Waals surface area (Å²) in [5.74, 6) is 0. The van der Waals surface area contributed by atoms with Crippen LogP contribution in [0.4, 0.5) is 0 Å². The number of aryl methyl sites for hydroxylation is 2. The summed E-state index contributed by atoms with van der Waals surface area (Å²) in [4.78, 5) is 0. The third kappa shape index (κ3) is 3.16. The highest BCUT2D eigenvalue weighted by Crippen LogP contribution is 2.03. The zero-order valence-corrected chi connectivity index (χ0v) is 8.41. The van der Waals surface area contributed by atoms with Gasteiger partial charge < -0.3 is 10.4 Å². The van der Waals surface area contributed by atoms with Crippen molar-refractivity contribution in [1.82, 2.24) is 15.1 Å². The molecule has 1 heterocycles. The van der Waals surface area contributed by atoms with Crippen LogP contribution in [0.15, 0.2) is 6.20 Å². The van der Waals surface area contributed by atoms with E-state index in [-0.39, 0.29) is 6.10 Å². The van der Waals surface area contributed by atoms with E-state index in [1.54, 1.807) is 11.6 Å². The minimum atomic E-state index is -0.294. The Kier molecular flexibility index (Phi) is 3.45. The predicted molar refractivity (Wildman–Crippen MR) is 51.3 cm³/mol. The van der Waals surface area contributed by atoms with Crippen LogP contribution in [0.25, 0.3) is 0 Å². The van der Waals surface area contributed by atoms with E-state index in [0.717, 1.165) is 12.2 Å². The van der Waals surface area contributed by atoms with Gasteiger partial charge in [-0.1, -0.05) is 0 Å². The van der Waals surface area contributed by atoms with Crippen molar-refractivity contribution in [2.24, 2.45) is 7.05 Å². The van der Waals surface area contributed by atoms with Crippen molar-refractivity contribution in [1.29, 1.82) is 0 Å². The number of rotatable bonds is 4. The van der Waals surface area contributed by atoms with Crippen molar-refractivity contribution in [3.63, 3.8) is 0 Å². The van der Waals surface area contributed by atoms with E-state index in [1.807, 2.05) is 20.2 Å². The first-order chi connectivity index (χ1) is 6.09. The minimum absolute atomic E-state index is 0.294. The number of hydrogen-bond acceptors (Lipinski definition) is 3. The molecule has 0 aliphatic heterocycles. The fraction of sp³-hybridized carbons (Fsp3) is 0.667. The third-order valence-corrected chi connectivity index (χ3v) is 1.87. The molecule has 1 atom stereocenters. The Morgan fingerprint density at radius 1 is 1.69 bits per heavy atom. The molecule has 0 saturated heterocycles. The topological polar surface area (TPSA) is 50.1 Å². The van der Waals surface area contributed by atoms with Gasteiger partial charge in [-0.25, -0.2) is 0 Å². The maximum absolute atomic E-state index is 9.02. The van der Waals surface area contributed by atoms with E-state index in [1.165, 1.54) is 5.56 Å². The van der Waals surface area contributed by atoms with Crippen molar-refractivity contribution < 1.29 is 5.11 Å². The second kappa shape index (κ2) is 4.39. The highest BCUT2D eigenvalue weighted by molar-refractivity contribution is 5.14. The molecule has 1 rings (SSSR count). The SMILES string of the molecule is Cc1nn(C)cc1CNC[C@@H](C)O. The maximum Gasteiger partial charge on any atom is 0.0638 e. The monoisotopic (exact) mass is 183 g/mol. The first-order valence-electron chi connectivity index (χ1n) is 4.47. The molecule has 0 amide bonds. The standard InChI is InChI=1S/C9H17N3O/c1-7(13)4-10-5-9-6-12(3)11-8(9)2/h6-7,10,13H,4-5H2,1-3H3/t7-/m1/s1. The maximum atomic E-state index is 9.02. The average molecular weight is 183 g/mol. The van der Waals surface area contributed by atoms with Gasteiger partial charge in [0, 0.05) is 31.9 Å². The summed E-state index contributed by atoms with van der Waals surface area (Å²) in [6, 6.07) is 0. The third-order valence-electron chi connectivity index (χ3n) is 1.87. The van der Waals surface area contributed by atoms with Crippen LogP contribution in [0.5, 0.6) is 0 Å². The van der Waals surface area contributed by atoms with Crippen LogP contribution in [0.3, 0.4) is 0 Å². The summed E-state index contributed by atoms with van der Waals surface area (Å²) in [6.07, 6.45) is 1.70. The van der Waals surface area contributed by atoms with Gasteiger partial charge in [0.2, 0.25) is 0 Å². The van der Waals surface area contributed by atoms with E-state index >= 15 is 0 Å². The largest absolute Gasteiger partial charge is 0.392 e. The van der Waals surface area contributed by atoms with Crippen LogP contribution < -0.4 is 5.32 Å².